The number of carbonyl (C=O) groups excluding carboxylic acids is 1. The number of fused-ring (bicyclic) bond motifs is 1. The Labute approximate surface area is 149 Å². The molecule has 0 amide bonds. The third-order valence-corrected chi connectivity index (χ3v) is 5.04. The Morgan fingerprint density at radius 1 is 1.16 bits per heavy atom. The van der Waals surface area contributed by atoms with E-state index in [4.69, 9.17) is 15.2 Å². The summed E-state index contributed by atoms with van der Waals surface area (Å²) in [6.45, 7) is 4.51. The summed E-state index contributed by atoms with van der Waals surface area (Å²) in [7, 11) is 1.63. The van der Waals surface area contributed by atoms with E-state index >= 15 is 0 Å². The van der Waals surface area contributed by atoms with E-state index in [0.717, 1.165) is 26.2 Å². The average molecular weight is 357 g/mol. The smallest absolute Gasteiger partial charge is 0.338 e. The summed E-state index contributed by atoms with van der Waals surface area (Å²) in [5, 5.41) is 0.881. The van der Waals surface area contributed by atoms with Crippen LogP contribution < -0.4 is 5.73 Å². The number of thiophene rings is 1. The number of aryl methyl sites for hydroxylation is 2. The van der Waals surface area contributed by atoms with Crippen molar-refractivity contribution in [2.24, 2.45) is 0 Å². The van der Waals surface area contributed by atoms with Gasteiger partial charge < -0.3 is 15.2 Å². The van der Waals surface area contributed by atoms with Crippen LogP contribution in [0.2, 0.25) is 0 Å². The predicted octanol–water partition coefficient (Wildman–Crippen LogP) is 3.39. The second-order valence-electron chi connectivity index (χ2n) is 5.69. The van der Waals surface area contributed by atoms with E-state index < -0.39 is 5.97 Å². The molecule has 0 aliphatic carbocycles. The van der Waals surface area contributed by atoms with Crippen molar-refractivity contribution in [3.63, 3.8) is 0 Å². The minimum atomic E-state index is -0.426. The van der Waals surface area contributed by atoms with Crippen molar-refractivity contribution in [1.82, 2.24) is 9.97 Å². The molecule has 0 aliphatic heterocycles. The van der Waals surface area contributed by atoms with Gasteiger partial charge in [0.05, 0.1) is 17.6 Å². The maximum atomic E-state index is 12.2. The summed E-state index contributed by atoms with van der Waals surface area (Å²) < 4.78 is 10.4. The highest BCUT2D eigenvalue weighted by molar-refractivity contribution is 7.18. The molecule has 0 spiro atoms. The van der Waals surface area contributed by atoms with Crippen LogP contribution in [-0.4, -0.2) is 23.0 Å². The SMILES string of the molecule is COCc1ccc(C(=O)OCc2nc(N)c3c(C)c(C)sc3n2)cc1. The van der Waals surface area contributed by atoms with E-state index in [9.17, 15) is 4.79 Å². The van der Waals surface area contributed by atoms with Crippen molar-refractivity contribution in [3.8, 4) is 0 Å². The first-order valence-electron chi connectivity index (χ1n) is 7.76. The number of hydrogen-bond acceptors (Lipinski definition) is 7. The minimum absolute atomic E-state index is 0.0191. The Balaban J connectivity index is 1.72. The van der Waals surface area contributed by atoms with Gasteiger partial charge in [-0.3, -0.25) is 0 Å². The average Bonchev–Trinajstić information content (AvgIpc) is 2.88. The fraction of sp³-hybridized carbons (Fsp3) is 0.278. The predicted molar refractivity (Wildman–Crippen MR) is 97.6 cm³/mol. The third-order valence-electron chi connectivity index (χ3n) is 3.94. The number of benzene rings is 1. The van der Waals surface area contributed by atoms with Crippen LogP contribution in [0.3, 0.4) is 0 Å². The van der Waals surface area contributed by atoms with Gasteiger partial charge in [-0.05, 0) is 37.1 Å². The standard InChI is InChI=1S/C18H19N3O3S/c1-10-11(2)25-17-15(10)16(19)20-14(21-17)9-24-18(22)13-6-4-12(5-7-13)8-23-3/h4-7H,8-9H2,1-3H3,(H2,19,20,21). The molecule has 2 heterocycles. The molecule has 0 fully saturated rings. The van der Waals surface area contributed by atoms with Crippen LogP contribution in [0.1, 0.15) is 32.2 Å². The van der Waals surface area contributed by atoms with Crippen molar-refractivity contribution < 1.29 is 14.3 Å². The maximum Gasteiger partial charge on any atom is 0.338 e. The highest BCUT2D eigenvalue weighted by atomic mass is 32.1. The number of anilines is 1. The molecule has 0 radical (unpaired) electrons. The summed E-state index contributed by atoms with van der Waals surface area (Å²) in [5.41, 5.74) is 8.59. The fourth-order valence-electron chi connectivity index (χ4n) is 2.51. The van der Waals surface area contributed by atoms with Crippen molar-refractivity contribution >= 4 is 33.3 Å². The lowest BCUT2D eigenvalue weighted by Gasteiger charge is -2.06. The molecule has 6 nitrogen and oxygen atoms in total. The quantitative estimate of drug-likeness (QED) is 0.704. The number of hydrogen-bond donors (Lipinski definition) is 1. The Morgan fingerprint density at radius 2 is 1.88 bits per heavy atom. The van der Waals surface area contributed by atoms with E-state index in [2.05, 4.69) is 9.97 Å². The Morgan fingerprint density at radius 3 is 2.56 bits per heavy atom. The zero-order valence-corrected chi connectivity index (χ0v) is 15.1. The van der Waals surface area contributed by atoms with Crippen molar-refractivity contribution in [2.45, 2.75) is 27.1 Å². The van der Waals surface area contributed by atoms with Crippen LogP contribution in [0.4, 0.5) is 5.82 Å². The van der Waals surface area contributed by atoms with Crippen LogP contribution in [0.15, 0.2) is 24.3 Å². The minimum Gasteiger partial charge on any atom is -0.454 e. The molecule has 0 saturated carbocycles. The monoisotopic (exact) mass is 357 g/mol. The van der Waals surface area contributed by atoms with Crippen LogP contribution in [0, 0.1) is 13.8 Å². The van der Waals surface area contributed by atoms with E-state index in [1.807, 2.05) is 26.0 Å². The highest BCUT2D eigenvalue weighted by Crippen LogP contribution is 2.31. The molecule has 2 aromatic heterocycles. The highest BCUT2D eigenvalue weighted by Gasteiger charge is 2.14. The summed E-state index contributed by atoms with van der Waals surface area (Å²) >= 11 is 1.56. The Hall–Kier alpha value is -2.51. The van der Waals surface area contributed by atoms with Gasteiger partial charge in [0.25, 0.3) is 0 Å². The first kappa shape index (κ1) is 17.3. The fourth-order valence-corrected chi connectivity index (χ4v) is 3.56. The van der Waals surface area contributed by atoms with Gasteiger partial charge in [-0.15, -0.1) is 11.3 Å². The topological polar surface area (TPSA) is 87.3 Å². The van der Waals surface area contributed by atoms with Crippen LogP contribution in [0.25, 0.3) is 10.2 Å². The van der Waals surface area contributed by atoms with Gasteiger partial charge in [0.15, 0.2) is 12.4 Å². The van der Waals surface area contributed by atoms with Gasteiger partial charge in [-0.2, -0.15) is 0 Å². The number of rotatable bonds is 5. The van der Waals surface area contributed by atoms with Gasteiger partial charge in [-0.1, -0.05) is 12.1 Å². The van der Waals surface area contributed by atoms with E-state index in [1.54, 1.807) is 30.6 Å². The third kappa shape index (κ3) is 3.62. The van der Waals surface area contributed by atoms with Crippen molar-refractivity contribution in [3.05, 3.63) is 51.7 Å². The van der Waals surface area contributed by atoms with Crippen LogP contribution >= 0.6 is 11.3 Å². The molecule has 130 valence electrons. The number of nitrogens with zero attached hydrogens (tertiary/aromatic N) is 2. The summed E-state index contributed by atoms with van der Waals surface area (Å²) in [6, 6.07) is 7.08. The summed E-state index contributed by atoms with van der Waals surface area (Å²) in [5.74, 6) is 0.391. The number of esters is 1. The second-order valence-corrected chi connectivity index (χ2v) is 6.90. The van der Waals surface area contributed by atoms with E-state index in [0.29, 0.717) is 23.8 Å². The molecule has 2 N–H and O–H groups in total. The molecule has 1 aromatic carbocycles. The Bertz CT molecular complexity index is 919. The van der Waals surface area contributed by atoms with Gasteiger partial charge in [0.2, 0.25) is 0 Å². The molecule has 0 aliphatic rings. The molecule has 3 aromatic rings. The number of ether oxygens (including phenoxy) is 2. The Kier molecular flexibility index (Phi) is 4.96. The molecule has 0 unspecified atom stereocenters. The maximum absolute atomic E-state index is 12.2. The number of methoxy groups -OCH3 is 1. The molecule has 25 heavy (non-hydrogen) atoms. The molecule has 0 saturated heterocycles. The van der Waals surface area contributed by atoms with Gasteiger partial charge in [0.1, 0.15) is 10.6 Å². The molecule has 0 bridgehead atoms. The normalized spacial score (nSPS) is 11.0. The zero-order chi connectivity index (χ0) is 18.0. The molecule has 0 atom stereocenters. The number of nitrogen functional groups attached to an aromatic ring is 1. The van der Waals surface area contributed by atoms with Crippen LogP contribution in [0.5, 0.6) is 0 Å². The van der Waals surface area contributed by atoms with Crippen LogP contribution in [-0.2, 0) is 22.7 Å². The van der Waals surface area contributed by atoms with Gasteiger partial charge >= 0.3 is 5.97 Å². The number of aromatic nitrogens is 2. The summed E-state index contributed by atoms with van der Waals surface area (Å²) in [4.78, 5) is 22.8. The van der Waals surface area contributed by atoms with Crippen molar-refractivity contribution in [1.29, 1.82) is 0 Å². The first-order chi connectivity index (χ1) is 12.0. The first-order valence-corrected chi connectivity index (χ1v) is 8.58. The largest absolute Gasteiger partial charge is 0.454 e. The molecular weight excluding hydrogens is 338 g/mol. The lowest BCUT2D eigenvalue weighted by Crippen LogP contribution is -2.08. The van der Waals surface area contributed by atoms with E-state index in [-0.39, 0.29) is 6.61 Å². The van der Waals surface area contributed by atoms with Crippen molar-refractivity contribution in [2.75, 3.05) is 12.8 Å². The molecule has 3 rings (SSSR count). The molecule has 7 heteroatoms. The zero-order valence-electron chi connectivity index (χ0n) is 14.3. The lowest BCUT2D eigenvalue weighted by molar-refractivity contribution is 0.0462. The second kappa shape index (κ2) is 7.16. The van der Waals surface area contributed by atoms with Gasteiger partial charge in [0, 0.05) is 12.0 Å². The number of carbonyl (C=O) groups is 1. The number of nitrogens with two attached hydrogens (primary N) is 1. The summed E-state index contributed by atoms with van der Waals surface area (Å²) in [6.07, 6.45) is 0. The van der Waals surface area contributed by atoms with Gasteiger partial charge in [-0.25, -0.2) is 14.8 Å². The lowest BCUT2D eigenvalue weighted by atomic mass is 10.1. The molecular formula is C18H19N3O3S. The van der Waals surface area contributed by atoms with E-state index in [1.165, 1.54) is 0 Å².